The molecule has 0 aliphatic carbocycles. The summed E-state index contributed by atoms with van der Waals surface area (Å²) < 4.78 is 0. The van der Waals surface area contributed by atoms with Gasteiger partial charge in [-0.25, -0.2) is 4.98 Å². The van der Waals surface area contributed by atoms with Crippen LogP contribution < -0.4 is 4.90 Å². The Morgan fingerprint density at radius 3 is 2.69 bits per heavy atom. The van der Waals surface area contributed by atoms with Crippen LogP contribution in [-0.2, 0) is 0 Å². The number of aromatic nitrogens is 1. The number of aliphatic hydroxyl groups excluding tert-OH is 1. The van der Waals surface area contributed by atoms with E-state index in [9.17, 15) is 5.11 Å². The van der Waals surface area contributed by atoms with E-state index in [2.05, 4.69) is 30.3 Å². The summed E-state index contributed by atoms with van der Waals surface area (Å²) in [6, 6.07) is 4.08. The summed E-state index contributed by atoms with van der Waals surface area (Å²) in [5, 5.41) is 9.71. The highest BCUT2D eigenvalue weighted by Gasteiger charge is 2.16. The van der Waals surface area contributed by atoms with E-state index in [4.69, 9.17) is 0 Å². The summed E-state index contributed by atoms with van der Waals surface area (Å²) in [7, 11) is 0. The van der Waals surface area contributed by atoms with Crippen LogP contribution in [0.2, 0.25) is 0 Å². The van der Waals surface area contributed by atoms with Crippen LogP contribution in [0.4, 0.5) is 5.82 Å². The normalized spacial score (nSPS) is 12.6. The van der Waals surface area contributed by atoms with Gasteiger partial charge in [-0.15, -0.1) is 6.58 Å². The third kappa shape index (κ3) is 2.83. The second-order valence-electron chi connectivity index (χ2n) is 4.13. The maximum absolute atomic E-state index is 9.71. The van der Waals surface area contributed by atoms with Crippen molar-refractivity contribution in [3.8, 4) is 0 Å². The van der Waals surface area contributed by atoms with Gasteiger partial charge < -0.3 is 10.0 Å². The van der Waals surface area contributed by atoms with Crippen molar-refractivity contribution in [1.82, 2.24) is 4.98 Å². The van der Waals surface area contributed by atoms with Gasteiger partial charge in [0.25, 0.3) is 0 Å². The van der Waals surface area contributed by atoms with Crippen LogP contribution in [0, 0.1) is 0 Å². The topological polar surface area (TPSA) is 36.4 Å². The van der Waals surface area contributed by atoms with E-state index < -0.39 is 6.10 Å². The van der Waals surface area contributed by atoms with Gasteiger partial charge in [0.2, 0.25) is 0 Å². The monoisotopic (exact) mass is 220 g/mol. The molecule has 16 heavy (non-hydrogen) atoms. The Labute approximate surface area is 97.4 Å². The Hall–Kier alpha value is -1.35. The lowest BCUT2D eigenvalue weighted by Gasteiger charge is -2.29. The third-order valence-corrected chi connectivity index (χ3v) is 2.49. The number of aliphatic hydroxyl groups is 1. The molecule has 3 heteroatoms. The zero-order valence-electron chi connectivity index (χ0n) is 10.2. The molecule has 0 bridgehead atoms. The van der Waals surface area contributed by atoms with Gasteiger partial charge in [0.15, 0.2) is 0 Å². The van der Waals surface area contributed by atoms with E-state index in [1.807, 2.05) is 18.2 Å². The van der Waals surface area contributed by atoms with E-state index in [0.717, 1.165) is 17.9 Å². The van der Waals surface area contributed by atoms with Crippen molar-refractivity contribution in [2.45, 2.75) is 32.9 Å². The van der Waals surface area contributed by atoms with Crippen LogP contribution in [-0.4, -0.2) is 22.7 Å². The van der Waals surface area contributed by atoms with E-state index in [1.165, 1.54) is 0 Å². The minimum atomic E-state index is -0.505. The molecule has 1 aromatic rings. The minimum Gasteiger partial charge on any atom is -0.389 e. The summed E-state index contributed by atoms with van der Waals surface area (Å²) in [6.07, 6.45) is 3.09. The molecular formula is C13H20N2O. The summed E-state index contributed by atoms with van der Waals surface area (Å²) >= 11 is 0. The fourth-order valence-electron chi connectivity index (χ4n) is 1.66. The second kappa shape index (κ2) is 5.66. The first-order valence-corrected chi connectivity index (χ1v) is 5.58. The van der Waals surface area contributed by atoms with Crippen molar-refractivity contribution < 1.29 is 5.11 Å². The zero-order chi connectivity index (χ0) is 12.1. The first kappa shape index (κ1) is 12.7. The van der Waals surface area contributed by atoms with E-state index in [0.29, 0.717) is 6.04 Å². The highest BCUT2D eigenvalue weighted by molar-refractivity contribution is 5.49. The van der Waals surface area contributed by atoms with Crippen molar-refractivity contribution in [1.29, 1.82) is 0 Å². The van der Waals surface area contributed by atoms with Crippen molar-refractivity contribution >= 4 is 5.82 Å². The van der Waals surface area contributed by atoms with Crippen LogP contribution in [0.3, 0.4) is 0 Å². The van der Waals surface area contributed by atoms with Crippen LogP contribution >= 0.6 is 0 Å². The van der Waals surface area contributed by atoms with Crippen molar-refractivity contribution in [3.05, 3.63) is 36.5 Å². The fraction of sp³-hybridized carbons (Fsp3) is 0.462. The maximum atomic E-state index is 9.71. The van der Waals surface area contributed by atoms with Gasteiger partial charge in [-0.3, -0.25) is 0 Å². The standard InChI is InChI=1S/C13H20N2O/c1-5-9-15(10(2)3)13-12(11(4)16)7-6-8-14-13/h5-8,10-11,16H,1,9H2,2-4H3. The molecule has 0 fully saturated rings. The van der Waals surface area contributed by atoms with Gasteiger partial charge in [-0.1, -0.05) is 12.1 Å². The second-order valence-corrected chi connectivity index (χ2v) is 4.13. The number of pyridine rings is 1. The summed E-state index contributed by atoms with van der Waals surface area (Å²) in [5.74, 6) is 0.840. The predicted molar refractivity (Wildman–Crippen MR) is 67.5 cm³/mol. The number of rotatable bonds is 5. The molecule has 88 valence electrons. The highest BCUT2D eigenvalue weighted by Crippen LogP contribution is 2.24. The molecule has 1 aromatic heterocycles. The average Bonchev–Trinajstić information content (AvgIpc) is 2.25. The number of hydrogen-bond acceptors (Lipinski definition) is 3. The number of nitrogens with zero attached hydrogens (tertiary/aromatic N) is 2. The predicted octanol–water partition coefficient (Wildman–Crippen LogP) is 2.54. The van der Waals surface area contributed by atoms with Crippen molar-refractivity contribution in [2.75, 3.05) is 11.4 Å². The molecule has 1 unspecified atom stereocenters. The number of hydrogen-bond donors (Lipinski definition) is 1. The first-order chi connectivity index (χ1) is 7.57. The zero-order valence-corrected chi connectivity index (χ0v) is 10.2. The Bertz CT molecular complexity index is 348. The molecule has 0 aromatic carbocycles. The quantitative estimate of drug-likeness (QED) is 0.775. The molecule has 1 atom stereocenters. The molecule has 3 nitrogen and oxygen atoms in total. The molecule has 1 heterocycles. The molecular weight excluding hydrogens is 200 g/mol. The smallest absolute Gasteiger partial charge is 0.134 e. The first-order valence-electron chi connectivity index (χ1n) is 5.58. The van der Waals surface area contributed by atoms with Crippen LogP contribution in [0.5, 0.6) is 0 Å². The molecule has 1 N–H and O–H groups in total. The molecule has 0 radical (unpaired) electrons. The minimum absolute atomic E-state index is 0.324. The Morgan fingerprint density at radius 1 is 1.50 bits per heavy atom. The Kier molecular flexibility index (Phi) is 4.50. The van der Waals surface area contributed by atoms with Crippen molar-refractivity contribution in [3.63, 3.8) is 0 Å². The molecule has 0 amide bonds. The van der Waals surface area contributed by atoms with Gasteiger partial charge in [0, 0.05) is 24.3 Å². The largest absolute Gasteiger partial charge is 0.389 e. The van der Waals surface area contributed by atoms with E-state index >= 15 is 0 Å². The van der Waals surface area contributed by atoms with Gasteiger partial charge >= 0.3 is 0 Å². The molecule has 0 aliphatic rings. The van der Waals surface area contributed by atoms with Crippen LogP contribution in [0.25, 0.3) is 0 Å². The lowest BCUT2D eigenvalue weighted by molar-refractivity contribution is 0.199. The summed E-state index contributed by atoms with van der Waals surface area (Å²) in [4.78, 5) is 6.48. The van der Waals surface area contributed by atoms with Crippen LogP contribution in [0.15, 0.2) is 31.0 Å². The number of anilines is 1. The van der Waals surface area contributed by atoms with Gasteiger partial charge in [-0.2, -0.15) is 0 Å². The molecule has 0 spiro atoms. The lowest BCUT2D eigenvalue weighted by atomic mass is 10.1. The van der Waals surface area contributed by atoms with E-state index in [-0.39, 0.29) is 0 Å². The Morgan fingerprint density at radius 2 is 2.19 bits per heavy atom. The fourth-order valence-corrected chi connectivity index (χ4v) is 1.66. The van der Waals surface area contributed by atoms with Crippen LogP contribution in [0.1, 0.15) is 32.4 Å². The van der Waals surface area contributed by atoms with Gasteiger partial charge in [0.1, 0.15) is 5.82 Å². The molecule has 0 saturated carbocycles. The molecule has 0 saturated heterocycles. The van der Waals surface area contributed by atoms with Gasteiger partial charge in [-0.05, 0) is 26.8 Å². The maximum Gasteiger partial charge on any atom is 0.134 e. The Balaban J connectivity index is 3.12. The highest BCUT2D eigenvalue weighted by atomic mass is 16.3. The summed E-state index contributed by atoms with van der Waals surface area (Å²) in [5.41, 5.74) is 0.859. The average molecular weight is 220 g/mol. The van der Waals surface area contributed by atoms with Gasteiger partial charge in [0.05, 0.1) is 6.10 Å². The SMILES string of the molecule is C=CCN(c1ncccc1C(C)O)C(C)C. The van der Waals surface area contributed by atoms with E-state index in [1.54, 1.807) is 13.1 Å². The van der Waals surface area contributed by atoms with Crippen molar-refractivity contribution in [2.24, 2.45) is 0 Å². The molecule has 1 rings (SSSR count). The third-order valence-electron chi connectivity index (χ3n) is 2.49. The summed E-state index contributed by atoms with van der Waals surface area (Å²) in [6.45, 7) is 10.4. The molecule has 0 aliphatic heterocycles. The lowest BCUT2D eigenvalue weighted by Crippen LogP contribution is -2.32.